The van der Waals surface area contributed by atoms with Crippen molar-refractivity contribution in [2.75, 3.05) is 6.54 Å². The van der Waals surface area contributed by atoms with E-state index in [1.807, 2.05) is 12.2 Å². The summed E-state index contributed by atoms with van der Waals surface area (Å²) in [5.41, 5.74) is 5.73. The maximum Gasteiger partial charge on any atom is 0.336 e. The number of amides is 2. The van der Waals surface area contributed by atoms with E-state index in [0.29, 0.717) is 12.8 Å². The van der Waals surface area contributed by atoms with E-state index in [1.165, 1.54) is 24.3 Å². The molecule has 1 fully saturated rings. The van der Waals surface area contributed by atoms with Crippen LogP contribution in [0.3, 0.4) is 0 Å². The number of non-ortho nitro benzene ring substituents is 1. The van der Waals surface area contributed by atoms with Crippen molar-refractivity contribution in [3.05, 3.63) is 52.1 Å². The Balaban J connectivity index is 1.55. The molecule has 2 amide bonds. The first kappa shape index (κ1) is 19.2. The molecule has 0 aromatic heterocycles. The number of nitro groups is 1. The van der Waals surface area contributed by atoms with E-state index in [4.69, 9.17) is 10.6 Å². The van der Waals surface area contributed by atoms with Crippen LogP contribution in [-0.2, 0) is 19.2 Å². The average molecular weight is 386 g/mol. The number of fused-ring (bicyclic) bond motifs is 1. The lowest BCUT2D eigenvalue weighted by atomic mass is 9.85. The molecule has 2 atom stereocenters. The third kappa shape index (κ3) is 3.90. The van der Waals surface area contributed by atoms with Crippen LogP contribution >= 0.6 is 0 Å². The maximum absolute atomic E-state index is 12.3. The topological polar surface area (TPSA) is 145 Å². The number of amidine groups is 1. The van der Waals surface area contributed by atoms with Crippen LogP contribution in [-0.4, -0.2) is 40.0 Å². The fourth-order valence-electron chi connectivity index (χ4n) is 3.27. The zero-order valence-corrected chi connectivity index (χ0v) is 14.8. The minimum atomic E-state index is -0.776. The van der Waals surface area contributed by atoms with Crippen molar-refractivity contribution in [1.82, 2.24) is 4.90 Å². The third-order valence-corrected chi connectivity index (χ3v) is 4.74. The number of carbonyl (C=O) groups is 3. The van der Waals surface area contributed by atoms with Gasteiger partial charge < -0.3 is 10.6 Å². The van der Waals surface area contributed by atoms with Crippen molar-refractivity contribution in [1.29, 1.82) is 0 Å². The van der Waals surface area contributed by atoms with Gasteiger partial charge in [0.1, 0.15) is 0 Å². The monoisotopic (exact) mass is 386 g/mol. The largest absolute Gasteiger partial charge is 0.380 e. The predicted octanol–water partition coefficient (Wildman–Crippen LogP) is 1.10. The van der Waals surface area contributed by atoms with Crippen LogP contribution in [0.4, 0.5) is 5.69 Å². The van der Waals surface area contributed by atoms with Crippen LogP contribution in [0.1, 0.15) is 24.8 Å². The Kier molecular flexibility index (Phi) is 5.48. The van der Waals surface area contributed by atoms with E-state index in [9.17, 15) is 24.5 Å². The molecule has 2 aliphatic rings. The fourth-order valence-corrected chi connectivity index (χ4v) is 3.27. The van der Waals surface area contributed by atoms with E-state index in [-0.39, 0.29) is 53.7 Å². The summed E-state index contributed by atoms with van der Waals surface area (Å²) in [5, 5.41) is 14.2. The molecule has 1 heterocycles. The van der Waals surface area contributed by atoms with Crippen LogP contribution in [0, 0.1) is 22.0 Å². The Morgan fingerprint density at radius 3 is 2.50 bits per heavy atom. The quantitative estimate of drug-likeness (QED) is 0.146. The van der Waals surface area contributed by atoms with Crippen LogP contribution in [0.5, 0.6) is 0 Å². The maximum atomic E-state index is 12.3. The minimum Gasteiger partial charge on any atom is -0.380 e. The molecule has 10 nitrogen and oxygen atoms in total. The summed E-state index contributed by atoms with van der Waals surface area (Å²) in [4.78, 5) is 52.5. The van der Waals surface area contributed by atoms with Crippen molar-refractivity contribution < 1.29 is 24.1 Å². The van der Waals surface area contributed by atoms with E-state index in [0.717, 1.165) is 4.90 Å². The van der Waals surface area contributed by atoms with Gasteiger partial charge in [0.25, 0.3) is 5.69 Å². The number of likely N-dealkylation sites (tertiary alicyclic amines) is 1. The second-order valence-corrected chi connectivity index (χ2v) is 6.48. The van der Waals surface area contributed by atoms with Crippen LogP contribution in [0.15, 0.2) is 41.6 Å². The minimum absolute atomic E-state index is 0.0876. The second-order valence-electron chi connectivity index (χ2n) is 6.48. The molecule has 0 spiro atoms. The number of nitrogens with two attached hydrogens (primary N) is 1. The molecule has 1 aromatic carbocycles. The van der Waals surface area contributed by atoms with E-state index < -0.39 is 10.9 Å². The Labute approximate surface area is 159 Å². The number of rotatable bonds is 6. The lowest BCUT2D eigenvalue weighted by molar-refractivity contribution is -0.384. The lowest BCUT2D eigenvalue weighted by Crippen LogP contribution is -2.33. The number of imide groups is 1. The fraction of sp³-hybridized carbons (Fsp3) is 0.333. The van der Waals surface area contributed by atoms with Gasteiger partial charge in [-0.15, -0.1) is 0 Å². The predicted molar refractivity (Wildman–Crippen MR) is 96.6 cm³/mol. The molecule has 146 valence electrons. The van der Waals surface area contributed by atoms with Crippen molar-refractivity contribution in [2.45, 2.75) is 19.3 Å². The highest BCUT2D eigenvalue weighted by Gasteiger charge is 2.46. The zero-order chi connectivity index (χ0) is 20.3. The molecule has 0 radical (unpaired) electrons. The Morgan fingerprint density at radius 1 is 1.25 bits per heavy atom. The van der Waals surface area contributed by atoms with Gasteiger partial charge in [-0.3, -0.25) is 24.6 Å². The van der Waals surface area contributed by atoms with Gasteiger partial charge in [0.05, 0.1) is 23.2 Å². The van der Waals surface area contributed by atoms with Crippen molar-refractivity contribution in [3.8, 4) is 0 Å². The zero-order valence-electron chi connectivity index (χ0n) is 14.8. The summed E-state index contributed by atoms with van der Waals surface area (Å²) in [5.74, 6) is -2.23. The van der Waals surface area contributed by atoms with Gasteiger partial charge in [0, 0.05) is 24.2 Å². The first-order valence-electron chi connectivity index (χ1n) is 8.67. The SMILES string of the molecule is N/C(=N/OC(=O)CCN1C(=O)[C@H]2CC=CC[C@@H]2C1=O)c1cccc([N+](=O)[O-])c1. The molecule has 2 N–H and O–H groups in total. The summed E-state index contributed by atoms with van der Waals surface area (Å²) in [6, 6.07) is 5.40. The summed E-state index contributed by atoms with van der Waals surface area (Å²) in [7, 11) is 0. The lowest BCUT2D eigenvalue weighted by Gasteiger charge is -2.14. The van der Waals surface area contributed by atoms with Gasteiger partial charge in [0.15, 0.2) is 5.84 Å². The van der Waals surface area contributed by atoms with Gasteiger partial charge in [-0.05, 0) is 12.8 Å². The highest BCUT2D eigenvalue weighted by atomic mass is 16.7. The normalized spacial score (nSPS) is 21.6. The Bertz CT molecular complexity index is 868. The molecule has 0 bridgehead atoms. The molecular weight excluding hydrogens is 368 g/mol. The first-order valence-corrected chi connectivity index (χ1v) is 8.67. The Hall–Kier alpha value is -3.56. The molecule has 1 aromatic rings. The van der Waals surface area contributed by atoms with E-state index >= 15 is 0 Å². The molecule has 3 rings (SSSR count). The summed E-state index contributed by atoms with van der Waals surface area (Å²) in [6.07, 6.45) is 4.60. The third-order valence-electron chi connectivity index (χ3n) is 4.74. The molecule has 0 saturated carbocycles. The van der Waals surface area contributed by atoms with Gasteiger partial charge in [-0.1, -0.05) is 29.4 Å². The number of oxime groups is 1. The summed E-state index contributed by atoms with van der Waals surface area (Å²) >= 11 is 0. The Morgan fingerprint density at radius 2 is 1.89 bits per heavy atom. The summed E-state index contributed by atoms with van der Waals surface area (Å²) < 4.78 is 0. The summed E-state index contributed by atoms with van der Waals surface area (Å²) in [6.45, 7) is -0.0876. The van der Waals surface area contributed by atoms with Gasteiger partial charge >= 0.3 is 5.97 Å². The van der Waals surface area contributed by atoms with E-state index in [1.54, 1.807) is 0 Å². The second kappa shape index (κ2) is 7.99. The van der Waals surface area contributed by atoms with Crippen molar-refractivity contribution >= 4 is 29.3 Å². The van der Waals surface area contributed by atoms with Crippen LogP contribution < -0.4 is 5.73 Å². The molecule has 0 unspecified atom stereocenters. The van der Waals surface area contributed by atoms with Crippen molar-refractivity contribution in [2.24, 2.45) is 22.7 Å². The highest BCUT2D eigenvalue weighted by molar-refractivity contribution is 6.05. The first-order chi connectivity index (χ1) is 13.4. The molecule has 1 saturated heterocycles. The molecule has 1 aliphatic heterocycles. The highest BCUT2D eigenvalue weighted by Crippen LogP contribution is 2.35. The average Bonchev–Trinajstić information content (AvgIpc) is 2.95. The van der Waals surface area contributed by atoms with Gasteiger partial charge in [-0.25, -0.2) is 4.79 Å². The smallest absolute Gasteiger partial charge is 0.336 e. The van der Waals surface area contributed by atoms with Gasteiger partial charge in [0.2, 0.25) is 11.8 Å². The number of nitrogens with zero attached hydrogens (tertiary/aromatic N) is 3. The van der Waals surface area contributed by atoms with Crippen LogP contribution in [0.25, 0.3) is 0 Å². The molecular formula is C18H18N4O6. The van der Waals surface area contributed by atoms with Crippen molar-refractivity contribution in [3.63, 3.8) is 0 Å². The number of hydrogen-bond acceptors (Lipinski definition) is 7. The number of hydrogen-bond donors (Lipinski definition) is 1. The van der Waals surface area contributed by atoms with Gasteiger partial charge in [-0.2, -0.15) is 0 Å². The molecule has 1 aliphatic carbocycles. The number of nitro benzene ring substituents is 1. The standard InChI is InChI=1S/C18H18N4O6/c19-16(11-4-3-5-12(10-11)22(26)27)20-28-15(23)8-9-21-17(24)13-6-1-2-7-14(13)18(21)25/h1-5,10,13-14H,6-9H2,(H2,19,20)/t13-,14-/m0/s1. The molecule has 28 heavy (non-hydrogen) atoms. The number of benzene rings is 1. The molecule has 10 heteroatoms. The number of carbonyl (C=O) groups excluding carboxylic acids is 3. The van der Waals surface area contributed by atoms with Crippen LogP contribution in [0.2, 0.25) is 0 Å². The van der Waals surface area contributed by atoms with E-state index in [2.05, 4.69) is 5.16 Å². The number of allylic oxidation sites excluding steroid dienone is 2.